The summed E-state index contributed by atoms with van der Waals surface area (Å²) in [5.41, 5.74) is 6.27. The lowest BCUT2D eigenvalue weighted by molar-refractivity contribution is 0.666. The number of nitrogens with zero attached hydrogens (tertiary/aromatic N) is 3. The van der Waals surface area contributed by atoms with E-state index in [1.807, 2.05) is 12.1 Å². The fourth-order valence-electron chi connectivity index (χ4n) is 9.20. The first-order chi connectivity index (χ1) is 27.3. The van der Waals surface area contributed by atoms with E-state index in [4.69, 9.17) is 14.4 Å². The smallest absolute Gasteiger partial charge is 0.236 e. The van der Waals surface area contributed by atoms with E-state index in [0.717, 1.165) is 38.8 Å². The van der Waals surface area contributed by atoms with E-state index < -0.39 is 0 Å². The fraction of sp³-hybridized carbons (Fsp3) is 0. The zero-order valence-corrected chi connectivity index (χ0v) is 30.1. The van der Waals surface area contributed by atoms with E-state index in [2.05, 4.69) is 156 Å². The predicted octanol–water partition coefficient (Wildman–Crippen LogP) is 14.1. The van der Waals surface area contributed by atoms with Gasteiger partial charge in [-0.3, -0.25) is 4.57 Å². The van der Waals surface area contributed by atoms with E-state index in [0.29, 0.717) is 11.5 Å². The van der Waals surface area contributed by atoms with Gasteiger partial charge in [0.05, 0.1) is 11.0 Å². The SMILES string of the molecule is c1ccc2cc3c(cc2c1)c1c2c4ccccc4c4ccccc4c2ccc1n3-c1nc(-c2cccc3c2sc2ccccc23)c2oc3ccccc3c2n1. The van der Waals surface area contributed by atoms with Gasteiger partial charge in [-0.05, 0) is 74.1 Å². The summed E-state index contributed by atoms with van der Waals surface area (Å²) in [7, 11) is 0. The lowest BCUT2D eigenvalue weighted by Crippen LogP contribution is -2.03. The third-order valence-electron chi connectivity index (χ3n) is 11.6. The molecule has 0 N–H and O–H groups in total. The number of para-hydroxylation sites is 1. The van der Waals surface area contributed by atoms with Crippen molar-refractivity contribution in [3.05, 3.63) is 164 Å². The summed E-state index contributed by atoms with van der Waals surface area (Å²) in [6.07, 6.45) is 0. The van der Waals surface area contributed by atoms with E-state index in [1.54, 1.807) is 11.3 Å². The maximum absolute atomic E-state index is 6.68. The normalized spacial score (nSPS) is 12.4. The van der Waals surface area contributed by atoms with Gasteiger partial charge in [0.1, 0.15) is 16.8 Å². The van der Waals surface area contributed by atoms with Crippen molar-refractivity contribution in [1.29, 1.82) is 0 Å². The van der Waals surface area contributed by atoms with E-state index >= 15 is 0 Å². The Balaban J connectivity index is 1.23. The van der Waals surface area contributed by atoms with Gasteiger partial charge in [-0.1, -0.05) is 127 Å². The van der Waals surface area contributed by atoms with Crippen LogP contribution in [0.5, 0.6) is 0 Å². The maximum atomic E-state index is 6.68. The topological polar surface area (TPSA) is 43.9 Å². The average Bonchev–Trinajstić information content (AvgIpc) is 3.92. The summed E-state index contributed by atoms with van der Waals surface area (Å²) < 4.78 is 11.4. The number of benzene rings is 9. The van der Waals surface area contributed by atoms with Crippen molar-refractivity contribution in [2.45, 2.75) is 0 Å². The first kappa shape index (κ1) is 29.4. The van der Waals surface area contributed by atoms with Crippen molar-refractivity contribution in [3.8, 4) is 17.2 Å². The Morgan fingerprint density at radius 3 is 1.91 bits per heavy atom. The molecule has 5 heteroatoms. The minimum atomic E-state index is 0.617. The molecule has 0 atom stereocenters. The highest BCUT2D eigenvalue weighted by molar-refractivity contribution is 7.26. The van der Waals surface area contributed by atoms with Gasteiger partial charge >= 0.3 is 0 Å². The van der Waals surface area contributed by atoms with Crippen LogP contribution in [0, 0.1) is 0 Å². The molecule has 0 unspecified atom stereocenters. The minimum Gasteiger partial charge on any atom is -0.452 e. The molecule has 0 amide bonds. The molecule has 55 heavy (non-hydrogen) atoms. The highest BCUT2D eigenvalue weighted by atomic mass is 32.1. The second-order valence-electron chi connectivity index (χ2n) is 14.5. The number of hydrogen-bond donors (Lipinski definition) is 0. The fourth-order valence-corrected chi connectivity index (χ4v) is 10.4. The van der Waals surface area contributed by atoms with Gasteiger partial charge in [0.15, 0.2) is 5.58 Å². The van der Waals surface area contributed by atoms with Gasteiger partial charge in [-0.2, -0.15) is 0 Å². The molecule has 0 spiro atoms. The van der Waals surface area contributed by atoms with Crippen molar-refractivity contribution in [2.24, 2.45) is 0 Å². The van der Waals surface area contributed by atoms with Crippen LogP contribution in [0.3, 0.4) is 0 Å². The predicted molar refractivity (Wildman–Crippen MR) is 232 cm³/mol. The molecule has 0 aliphatic carbocycles. The molecule has 0 fully saturated rings. The van der Waals surface area contributed by atoms with Crippen LogP contribution in [0.25, 0.3) is 124 Å². The minimum absolute atomic E-state index is 0.617. The van der Waals surface area contributed by atoms with Gasteiger partial charge < -0.3 is 4.42 Å². The summed E-state index contributed by atoms with van der Waals surface area (Å²) in [6.45, 7) is 0. The van der Waals surface area contributed by atoms with Gasteiger partial charge in [0.2, 0.25) is 5.95 Å². The monoisotopic (exact) mass is 717 g/mol. The molecule has 0 radical (unpaired) electrons. The number of furan rings is 1. The van der Waals surface area contributed by atoms with Crippen molar-refractivity contribution < 1.29 is 4.42 Å². The van der Waals surface area contributed by atoms with Crippen molar-refractivity contribution in [1.82, 2.24) is 14.5 Å². The highest BCUT2D eigenvalue weighted by Crippen LogP contribution is 2.46. The Bertz CT molecular complexity index is 3760. The molecule has 4 aromatic heterocycles. The quantitative estimate of drug-likeness (QED) is 0.167. The van der Waals surface area contributed by atoms with Crippen LogP contribution in [0.4, 0.5) is 0 Å². The number of aromatic nitrogens is 3. The van der Waals surface area contributed by atoms with Crippen LogP contribution in [-0.4, -0.2) is 14.5 Å². The van der Waals surface area contributed by atoms with Crippen molar-refractivity contribution >= 4 is 118 Å². The van der Waals surface area contributed by atoms with Gasteiger partial charge in [-0.15, -0.1) is 11.3 Å². The second-order valence-corrected chi connectivity index (χ2v) is 15.5. The Morgan fingerprint density at radius 2 is 1.09 bits per heavy atom. The van der Waals surface area contributed by atoms with E-state index in [1.165, 1.54) is 74.0 Å². The largest absolute Gasteiger partial charge is 0.452 e. The van der Waals surface area contributed by atoms with Crippen LogP contribution in [0.15, 0.2) is 168 Å². The Morgan fingerprint density at radius 1 is 0.455 bits per heavy atom. The first-order valence-electron chi connectivity index (χ1n) is 18.6. The lowest BCUT2D eigenvalue weighted by atomic mass is 9.91. The molecule has 0 saturated heterocycles. The molecule has 9 aromatic carbocycles. The zero-order chi connectivity index (χ0) is 35.8. The average molecular weight is 718 g/mol. The molecule has 0 aliphatic rings. The van der Waals surface area contributed by atoms with E-state index in [-0.39, 0.29) is 0 Å². The Labute approximate surface area is 317 Å². The molecular weight excluding hydrogens is 691 g/mol. The molecule has 13 rings (SSSR count). The van der Waals surface area contributed by atoms with Crippen molar-refractivity contribution in [3.63, 3.8) is 0 Å². The van der Waals surface area contributed by atoms with Crippen LogP contribution in [-0.2, 0) is 0 Å². The second kappa shape index (κ2) is 10.8. The highest BCUT2D eigenvalue weighted by Gasteiger charge is 2.24. The van der Waals surface area contributed by atoms with Gasteiger partial charge in [-0.25, -0.2) is 9.97 Å². The summed E-state index contributed by atoms with van der Waals surface area (Å²) in [6, 6.07) is 58.9. The molecular formula is C50H27N3OS. The van der Waals surface area contributed by atoms with Crippen LogP contribution in [0.1, 0.15) is 0 Å². The molecule has 4 nitrogen and oxygen atoms in total. The van der Waals surface area contributed by atoms with Crippen LogP contribution in [0.2, 0.25) is 0 Å². The third-order valence-corrected chi connectivity index (χ3v) is 12.8. The summed E-state index contributed by atoms with van der Waals surface area (Å²) in [4.78, 5) is 11.0. The maximum Gasteiger partial charge on any atom is 0.236 e. The number of fused-ring (bicyclic) bond motifs is 17. The summed E-state index contributed by atoms with van der Waals surface area (Å²) in [5, 5.41) is 15.7. The molecule has 0 bridgehead atoms. The van der Waals surface area contributed by atoms with Gasteiger partial charge in [0, 0.05) is 47.3 Å². The molecule has 0 aliphatic heterocycles. The molecule has 0 saturated carbocycles. The molecule has 4 heterocycles. The van der Waals surface area contributed by atoms with Crippen LogP contribution < -0.4 is 0 Å². The van der Waals surface area contributed by atoms with Crippen LogP contribution >= 0.6 is 11.3 Å². The van der Waals surface area contributed by atoms with Gasteiger partial charge in [0.25, 0.3) is 0 Å². The standard InChI is InChI=1S/C50H27N3OS/c1-2-13-29-27-41-39(26-28(29)12-1)45-40(25-24-35-32-16-4-3-14-30(32)31-15-5-6-18-34(31)44(35)45)53(41)50-51-46-37-19-7-9-22-42(37)54-48(46)47(52-50)38-21-11-20-36-33-17-8-10-23-43(33)55-49(36)38/h1-27H. The number of hydrogen-bond acceptors (Lipinski definition) is 4. The number of rotatable bonds is 2. The van der Waals surface area contributed by atoms with E-state index in [9.17, 15) is 0 Å². The number of thiophene rings is 1. The third kappa shape index (κ3) is 3.94. The van der Waals surface area contributed by atoms with Crippen molar-refractivity contribution in [2.75, 3.05) is 0 Å². The summed E-state index contributed by atoms with van der Waals surface area (Å²) in [5.74, 6) is 0.617. The summed E-state index contributed by atoms with van der Waals surface area (Å²) >= 11 is 1.80. The zero-order valence-electron chi connectivity index (χ0n) is 29.2. The lowest BCUT2D eigenvalue weighted by Gasteiger charge is -2.13. The molecule has 254 valence electrons. The molecule has 13 aromatic rings. The first-order valence-corrected chi connectivity index (χ1v) is 19.4. The Hall–Kier alpha value is -7.08. The Kier molecular flexibility index (Phi) is 5.74.